The molecule has 1 heterocycles. The Kier molecular flexibility index (Phi) is 5.49. The van der Waals surface area contributed by atoms with E-state index in [0.717, 1.165) is 38.4 Å². The molecule has 0 aromatic heterocycles. The van der Waals surface area contributed by atoms with Gasteiger partial charge < -0.3 is 5.32 Å². The summed E-state index contributed by atoms with van der Waals surface area (Å²) in [6.45, 7) is 4.95. The van der Waals surface area contributed by atoms with E-state index in [9.17, 15) is 8.78 Å². The third kappa shape index (κ3) is 3.76. The van der Waals surface area contributed by atoms with Crippen molar-refractivity contribution in [1.82, 2.24) is 10.2 Å². The number of hydrogen-bond donors (Lipinski definition) is 1. The van der Waals surface area contributed by atoms with E-state index in [0.29, 0.717) is 5.56 Å². The molecule has 1 N–H and O–H groups in total. The number of hydrogen-bond acceptors (Lipinski definition) is 2. The van der Waals surface area contributed by atoms with Gasteiger partial charge in [-0.2, -0.15) is 0 Å². The van der Waals surface area contributed by atoms with E-state index in [1.807, 2.05) is 14.0 Å². The zero-order valence-electron chi connectivity index (χ0n) is 12.3. The van der Waals surface area contributed by atoms with Gasteiger partial charge in [0, 0.05) is 11.6 Å². The van der Waals surface area contributed by atoms with Crippen molar-refractivity contribution in [1.29, 1.82) is 0 Å². The molecule has 2 rings (SSSR count). The van der Waals surface area contributed by atoms with Crippen LogP contribution in [-0.4, -0.2) is 31.6 Å². The standard InChI is InChI=1S/C16H24F2N2/c1-12(15-11-14(17)3-4-16(15)18)20-9-6-13(7-10-20)5-8-19-2/h3-4,11-13,19H,5-10H2,1-2H3. The molecule has 1 unspecified atom stereocenters. The van der Waals surface area contributed by atoms with E-state index in [-0.39, 0.29) is 17.7 Å². The molecule has 0 saturated carbocycles. The highest BCUT2D eigenvalue weighted by atomic mass is 19.1. The SMILES string of the molecule is CNCCC1CCN(C(C)c2cc(F)ccc2F)CC1. The molecule has 20 heavy (non-hydrogen) atoms. The second kappa shape index (κ2) is 7.14. The van der Waals surface area contributed by atoms with Gasteiger partial charge in [0.1, 0.15) is 11.6 Å². The van der Waals surface area contributed by atoms with E-state index >= 15 is 0 Å². The van der Waals surface area contributed by atoms with Crippen LogP contribution in [0.4, 0.5) is 8.78 Å². The highest BCUT2D eigenvalue weighted by molar-refractivity contribution is 5.22. The van der Waals surface area contributed by atoms with Crippen LogP contribution in [0.1, 0.15) is 37.8 Å². The van der Waals surface area contributed by atoms with Crippen LogP contribution in [0.5, 0.6) is 0 Å². The van der Waals surface area contributed by atoms with Gasteiger partial charge in [0.15, 0.2) is 0 Å². The van der Waals surface area contributed by atoms with Crippen molar-refractivity contribution in [3.05, 3.63) is 35.4 Å². The van der Waals surface area contributed by atoms with Crippen molar-refractivity contribution in [2.75, 3.05) is 26.7 Å². The fourth-order valence-corrected chi connectivity index (χ4v) is 3.01. The Morgan fingerprint density at radius 1 is 1.30 bits per heavy atom. The van der Waals surface area contributed by atoms with Crippen LogP contribution >= 0.6 is 0 Å². The molecular formula is C16H24F2N2. The van der Waals surface area contributed by atoms with E-state index in [4.69, 9.17) is 0 Å². The van der Waals surface area contributed by atoms with Gasteiger partial charge in [0.2, 0.25) is 0 Å². The molecule has 1 fully saturated rings. The van der Waals surface area contributed by atoms with Gasteiger partial charge in [0.25, 0.3) is 0 Å². The van der Waals surface area contributed by atoms with Crippen molar-refractivity contribution in [2.24, 2.45) is 5.92 Å². The summed E-state index contributed by atoms with van der Waals surface area (Å²) >= 11 is 0. The van der Waals surface area contributed by atoms with Gasteiger partial charge in [-0.05, 0) is 77.0 Å². The Balaban J connectivity index is 1.94. The third-order valence-electron chi connectivity index (χ3n) is 4.41. The van der Waals surface area contributed by atoms with E-state index in [1.54, 1.807) is 0 Å². The van der Waals surface area contributed by atoms with Crippen molar-refractivity contribution in [2.45, 2.75) is 32.2 Å². The van der Waals surface area contributed by atoms with Crippen LogP contribution in [0.25, 0.3) is 0 Å². The molecule has 1 aromatic carbocycles. The highest BCUT2D eigenvalue weighted by Crippen LogP contribution is 2.29. The molecule has 1 aliphatic rings. The Labute approximate surface area is 120 Å². The molecule has 0 aliphatic carbocycles. The number of likely N-dealkylation sites (tertiary alicyclic amines) is 1. The minimum atomic E-state index is -0.364. The Morgan fingerprint density at radius 2 is 2.00 bits per heavy atom. The topological polar surface area (TPSA) is 15.3 Å². The molecule has 0 spiro atoms. The van der Waals surface area contributed by atoms with Gasteiger partial charge in [-0.1, -0.05) is 0 Å². The summed E-state index contributed by atoms with van der Waals surface area (Å²) in [5.41, 5.74) is 0.471. The van der Waals surface area contributed by atoms with Gasteiger partial charge in [-0.15, -0.1) is 0 Å². The molecule has 1 aliphatic heterocycles. The first-order chi connectivity index (χ1) is 9.61. The van der Waals surface area contributed by atoms with Crippen molar-refractivity contribution in [3.8, 4) is 0 Å². The molecule has 0 amide bonds. The second-order valence-corrected chi connectivity index (χ2v) is 5.71. The number of nitrogens with zero attached hydrogens (tertiary/aromatic N) is 1. The van der Waals surface area contributed by atoms with Crippen molar-refractivity contribution in [3.63, 3.8) is 0 Å². The average Bonchev–Trinajstić information content (AvgIpc) is 2.47. The molecule has 1 aromatic rings. The number of benzene rings is 1. The number of rotatable bonds is 5. The second-order valence-electron chi connectivity index (χ2n) is 5.71. The molecule has 2 nitrogen and oxygen atoms in total. The molecule has 1 saturated heterocycles. The minimum Gasteiger partial charge on any atom is -0.320 e. The summed E-state index contributed by atoms with van der Waals surface area (Å²) in [6, 6.07) is 3.67. The summed E-state index contributed by atoms with van der Waals surface area (Å²) in [6.07, 6.45) is 3.49. The number of piperidine rings is 1. The van der Waals surface area contributed by atoms with Crippen molar-refractivity contribution >= 4 is 0 Å². The Morgan fingerprint density at radius 3 is 2.65 bits per heavy atom. The average molecular weight is 282 g/mol. The minimum absolute atomic E-state index is 0.0593. The van der Waals surface area contributed by atoms with Crippen LogP contribution in [0.3, 0.4) is 0 Å². The molecule has 112 valence electrons. The first-order valence-corrected chi connectivity index (χ1v) is 7.45. The van der Waals surface area contributed by atoms with E-state index < -0.39 is 0 Å². The summed E-state index contributed by atoms with van der Waals surface area (Å²) in [7, 11) is 1.98. The molecule has 0 radical (unpaired) electrons. The van der Waals surface area contributed by atoms with Gasteiger partial charge in [0.05, 0.1) is 0 Å². The molecule has 1 atom stereocenters. The summed E-state index contributed by atoms with van der Waals surface area (Å²) in [5.74, 6) is 0.0802. The predicted molar refractivity (Wildman–Crippen MR) is 77.6 cm³/mol. The largest absolute Gasteiger partial charge is 0.320 e. The predicted octanol–water partition coefficient (Wildman–Crippen LogP) is 3.35. The van der Waals surface area contributed by atoms with Gasteiger partial charge in [-0.3, -0.25) is 4.90 Å². The van der Waals surface area contributed by atoms with E-state index in [2.05, 4.69) is 10.2 Å². The monoisotopic (exact) mass is 282 g/mol. The lowest BCUT2D eigenvalue weighted by atomic mass is 9.92. The lowest BCUT2D eigenvalue weighted by Gasteiger charge is -2.36. The first kappa shape index (κ1) is 15.4. The quantitative estimate of drug-likeness (QED) is 0.891. The van der Waals surface area contributed by atoms with Crippen LogP contribution in [0, 0.1) is 17.6 Å². The van der Waals surface area contributed by atoms with E-state index in [1.165, 1.54) is 24.6 Å². The van der Waals surface area contributed by atoms with Crippen LogP contribution in [0.2, 0.25) is 0 Å². The van der Waals surface area contributed by atoms with Crippen molar-refractivity contribution < 1.29 is 8.78 Å². The molecule has 0 bridgehead atoms. The fourth-order valence-electron chi connectivity index (χ4n) is 3.01. The van der Waals surface area contributed by atoms with Crippen LogP contribution in [-0.2, 0) is 0 Å². The van der Waals surface area contributed by atoms with Crippen LogP contribution in [0.15, 0.2) is 18.2 Å². The van der Waals surface area contributed by atoms with Gasteiger partial charge >= 0.3 is 0 Å². The molecular weight excluding hydrogens is 258 g/mol. The lowest BCUT2D eigenvalue weighted by molar-refractivity contribution is 0.135. The maximum atomic E-state index is 13.8. The lowest BCUT2D eigenvalue weighted by Crippen LogP contribution is -2.36. The summed E-state index contributed by atoms with van der Waals surface area (Å²) in [4.78, 5) is 2.26. The zero-order valence-corrected chi connectivity index (χ0v) is 12.3. The fraction of sp³-hybridized carbons (Fsp3) is 0.625. The first-order valence-electron chi connectivity index (χ1n) is 7.45. The van der Waals surface area contributed by atoms with Crippen LogP contribution < -0.4 is 5.32 Å². The number of halogens is 2. The third-order valence-corrected chi connectivity index (χ3v) is 4.41. The molecule has 4 heteroatoms. The normalized spacial score (nSPS) is 19.2. The van der Waals surface area contributed by atoms with Gasteiger partial charge in [-0.25, -0.2) is 8.78 Å². The highest BCUT2D eigenvalue weighted by Gasteiger charge is 2.24. The number of nitrogens with one attached hydrogen (secondary N) is 1. The maximum Gasteiger partial charge on any atom is 0.128 e. The smallest absolute Gasteiger partial charge is 0.128 e. The summed E-state index contributed by atoms with van der Waals surface area (Å²) in [5, 5.41) is 3.18. The summed E-state index contributed by atoms with van der Waals surface area (Å²) < 4.78 is 27.1. The zero-order chi connectivity index (χ0) is 14.5. The maximum absolute atomic E-state index is 13.8. The Hall–Kier alpha value is -1.00. The Bertz CT molecular complexity index is 428.